The Hall–Kier alpha value is -2.29. The Morgan fingerprint density at radius 2 is 1.61 bits per heavy atom. The predicted molar refractivity (Wildman–Crippen MR) is 74.9 cm³/mol. The van der Waals surface area contributed by atoms with Gasteiger partial charge >= 0.3 is 0 Å². The lowest BCUT2D eigenvalue weighted by atomic mass is 10.2. The number of anilines is 3. The second-order valence-corrected chi connectivity index (χ2v) is 4.08. The van der Waals surface area contributed by atoms with Crippen LogP contribution in [-0.2, 0) is 4.79 Å². The van der Waals surface area contributed by atoms with Crippen molar-refractivity contribution in [2.24, 2.45) is 0 Å². The summed E-state index contributed by atoms with van der Waals surface area (Å²) >= 11 is 0. The summed E-state index contributed by atoms with van der Waals surface area (Å²) in [6.07, 6.45) is 0. The molecule has 0 aliphatic carbocycles. The number of para-hydroxylation sites is 2. The standard InChI is InChI=1S/C15H15N2O/c1-11-7-9-13(10-8-11)17-15-6-4-3-5-14(15)16-12(2)18/h3-10,17H,2H2,1H3,(H,16,18). The van der Waals surface area contributed by atoms with Crippen LogP contribution in [0, 0.1) is 13.8 Å². The van der Waals surface area contributed by atoms with E-state index in [-0.39, 0.29) is 5.91 Å². The van der Waals surface area contributed by atoms with E-state index in [9.17, 15) is 4.79 Å². The van der Waals surface area contributed by atoms with Crippen molar-refractivity contribution in [1.29, 1.82) is 0 Å². The highest BCUT2D eigenvalue weighted by atomic mass is 16.1. The summed E-state index contributed by atoms with van der Waals surface area (Å²) in [4.78, 5) is 11.0. The molecular weight excluding hydrogens is 224 g/mol. The first kappa shape index (κ1) is 12.2. The Labute approximate surface area is 107 Å². The molecule has 1 amide bonds. The van der Waals surface area contributed by atoms with Crippen molar-refractivity contribution in [3.05, 3.63) is 61.0 Å². The van der Waals surface area contributed by atoms with Gasteiger partial charge in [0.05, 0.1) is 11.4 Å². The topological polar surface area (TPSA) is 41.1 Å². The maximum Gasteiger partial charge on any atom is 0.224 e. The molecule has 0 fully saturated rings. The minimum absolute atomic E-state index is 0.326. The lowest BCUT2D eigenvalue weighted by molar-refractivity contribution is -0.112. The SMILES string of the molecule is [CH2]C(=O)Nc1ccccc1Nc1ccc(C)cc1. The predicted octanol–water partition coefficient (Wildman–Crippen LogP) is 3.51. The van der Waals surface area contributed by atoms with Crippen molar-refractivity contribution in [2.45, 2.75) is 6.92 Å². The number of hydrogen-bond acceptors (Lipinski definition) is 2. The molecule has 0 atom stereocenters. The smallest absolute Gasteiger partial charge is 0.224 e. The van der Waals surface area contributed by atoms with E-state index in [4.69, 9.17) is 0 Å². The molecule has 0 saturated heterocycles. The highest BCUT2D eigenvalue weighted by molar-refractivity contribution is 5.97. The van der Waals surface area contributed by atoms with Gasteiger partial charge in [0, 0.05) is 12.6 Å². The third-order valence-electron chi connectivity index (χ3n) is 2.53. The van der Waals surface area contributed by atoms with E-state index in [0.717, 1.165) is 17.1 Å². The van der Waals surface area contributed by atoms with Gasteiger partial charge < -0.3 is 10.6 Å². The van der Waals surface area contributed by atoms with E-state index >= 15 is 0 Å². The molecule has 0 spiro atoms. The van der Waals surface area contributed by atoms with Crippen LogP contribution in [0.15, 0.2) is 48.5 Å². The molecule has 0 unspecified atom stereocenters. The lowest BCUT2D eigenvalue weighted by Gasteiger charge is -2.12. The maximum absolute atomic E-state index is 11.0. The molecule has 2 aromatic carbocycles. The number of amides is 1. The van der Waals surface area contributed by atoms with Gasteiger partial charge in [-0.25, -0.2) is 0 Å². The molecule has 0 aliphatic rings. The Kier molecular flexibility index (Phi) is 3.63. The zero-order valence-electron chi connectivity index (χ0n) is 10.2. The van der Waals surface area contributed by atoms with Crippen LogP contribution < -0.4 is 10.6 Å². The largest absolute Gasteiger partial charge is 0.354 e. The number of carbonyl (C=O) groups is 1. The van der Waals surface area contributed by atoms with Crippen LogP contribution in [0.25, 0.3) is 0 Å². The molecule has 3 heteroatoms. The third kappa shape index (κ3) is 3.10. The van der Waals surface area contributed by atoms with Gasteiger partial charge in [-0.05, 0) is 31.2 Å². The Morgan fingerprint density at radius 1 is 1.00 bits per heavy atom. The minimum atomic E-state index is -0.326. The highest BCUT2D eigenvalue weighted by Crippen LogP contribution is 2.25. The number of benzene rings is 2. The van der Waals surface area contributed by atoms with Gasteiger partial charge in [0.1, 0.15) is 0 Å². The first-order valence-corrected chi connectivity index (χ1v) is 5.71. The minimum Gasteiger partial charge on any atom is -0.354 e. The number of rotatable bonds is 3. The fourth-order valence-corrected chi connectivity index (χ4v) is 1.64. The lowest BCUT2D eigenvalue weighted by Crippen LogP contribution is -2.08. The first-order chi connectivity index (χ1) is 8.65. The molecule has 91 valence electrons. The summed E-state index contributed by atoms with van der Waals surface area (Å²) < 4.78 is 0. The fourth-order valence-electron chi connectivity index (χ4n) is 1.64. The van der Waals surface area contributed by atoms with Gasteiger partial charge in [-0.3, -0.25) is 4.79 Å². The van der Waals surface area contributed by atoms with Gasteiger partial charge in [-0.1, -0.05) is 29.8 Å². The van der Waals surface area contributed by atoms with Crippen LogP contribution in [-0.4, -0.2) is 5.91 Å². The van der Waals surface area contributed by atoms with Crippen LogP contribution >= 0.6 is 0 Å². The van der Waals surface area contributed by atoms with Crippen LogP contribution in [0.2, 0.25) is 0 Å². The molecule has 0 saturated carbocycles. The van der Waals surface area contributed by atoms with Crippen LogP contribution in [0.5, 0.6) is 0 Å². The van der Waals surface area contributed by atoms with Crippen molar-refractivity contribution >= 4 is 23.0 Å². The second-order valence-electron chi connectivity index (χ2n) is 4.08. The van der Waals surface area contributed by atoms with Crippen molar-refractivity contribution in [2.75, 3.05) is 10.6 Å². The molecule has 0 aromatic heterocycles. The van der Waals surface area contributed by atoms with Crippen molar-refractivity contribution in [3.63, 3.8) is 0 Å². The zero-order valence-corrected chi connectivity index (χ0v) is 10.2. The van der Waals surface area contributed by atoms with Gasteiger partial charge in [-0.2, -0.15) is 0 Å². The summed E-state index contributed by atoms with van der Waals surface area (Å²) in [5.41, 5.74) is 3.75. The summed E-state index contributed by atoms with van der Waals surface area (Å²) in [7, 11) is 0. The number of aryl methyl sites for hydroxylation is 1. The highest BCUT2D eigenvalue weighted by Gasteiger charge is 2.03. The normalized spacial score (nSPS) is 9.89. The van der Waals surface area contributed by atoms with E-state index in [2.05, 4.69) is 17.6 Å². The van der Waals surface area contributed by atoms with Crippen LogP contribution in [0.1, 0.15) is 5.56 Å². The van der Waals surface area contributed by atoms with E-state index in [1.54, 1.807) is 0 Å². The summed E-state index contributed by atoms with van der Waals surface area (Å²) in [6, 6.07) is 15.6. The molecular formula is C15H15N2O. The van der Waals surface area contributed by atoms with Gasteiger partial charge in [0.2, 0.25) is 5.91 Å². The average Bonchev–Trinajstić information content (AvgIpc) is 2.34. The summed E-state index contributed by atoms with van der Waals surface area (Å²) in [5, 5.41) is 5.96. The van der Waals surface area contributed by atoms with Crippen molar-refractivity contribution in [1.82, 2.24) is 0 Å². The average molecular weight is 239 g/mol. The summed E-state index contributed by atoms with van der Waals surface area (Å²) in [6.45, 7) is 5.36. The van der Waals surface area contributed by atoms with Gasteiger partial charge in [-0.15, -0.1) is 0 Å². The molecule has 0 heterocycles. The van der Waals surface area contributed by atoms with E-state index in [0.29, 0.717) is 0 Å². The Morgan fingerprint density at radius 3 is 2.22 bits per heavy atom. The second kappa shape index (κ2) is 5.36. The monoisotopic (exact) mass is 239 g/mol. The zero-order chi connectivity index (χ0) is 13.0. The van der Waals surface area contributed by atoms with Crippen LogP contribution in [0.3, 0.4) is 0 Å². The number of hydrogen-bond donors (Lipinski definition) is 2. The van der Waals surface area contributed by atoms with E-state index in [1.807, 2.05) is 55.5 Å². The molecule has 1 radical (unpaired) electrons. The Bertz CT molecular complexity index is 547. The molecule has 2 aromatic rings. The maximum atomic E-state index is 11.0. The first-order valence-electron chi connectivity index (χ1n) is 5.71. The molecule has 3 nitrogen and oxygen atoms in total. The molecule has 0 aliphatic heterocycles. The number of carbonyl (C=O) groups excluding carboxylic acids is 1. The van der Waals surface area contributed by atoms with Crippen LogP contribution in [0.4, 0.5) is 17.1 Å². The molecule has 0 bridgehead atoms. The molecule has 2 N–H and O–H groups in total. The number of nitrogens with one attached hydrogen (secondary N) is 2. The van der Waals surface area contributed by atoms with E-state index in [1.165, 1.54) is 5.56 Å². The van der Waals surface area contributed by atoms with Crippen molar-refractivity contribution < 1.29 is 4.79 Å². The molecule has 18 heavy (non-hydrogen) atoms. The van der Waals surface area contributed by atoms with Gasteiger partial charge in [0.15, 0.2) is 0 Å². The molecule has 2 rings (SSSR count). The van der Waals surface area contributed by atoms with Crippen molar-refractivity contribution in [3.8, 4) is 0 Å². The Balaban J connectivity index is 2.23. The van der Waals surface area contributed by atoms with Gasteiger partial charge in [0.25, 0.3) is 0 Å². The summed E-state index contributed by atoms with van der Waals surface area (Å²) in [5.74, 6) is -0.326. The quantitative estimate of drug-likeness (QED) is 0.860. The third-order valence-corrected chi connectivity index (χ3v) is 2.53. The fraction of sp³-hybridized carbons (Fsp3) is 0.0667. The van der Waals surface area contributed by atoms with E-state index < -0.39 is 0 Å².